The molecule has 2 N–H and O–H groups in total. The molecule has 1 aromatic heterocycles. The number of nitrogens with one attached hydrogen (secondary N) is 2. The van der Waals surface area contributed by atoms with E-state index in [0.717, 1.165) is 16.5 Å². The molecule has 1 atom stereocenters. The summed E-state index contributed by atoms with van der Waals surface area (Å²) in [5.74, 6) is 0.333. The Morgan fingerprint density at radius 3 is 2.78 bits per heavy atom. The number of hydrogen-bond acceptors (Lipinski definition) is 2. The van der Waals surface area contributed by atoms with Crippen molar-refractivity contribution in [3.05, 3.63) is 35.5 Å². The minimum atomic E-state index is -0.883. The fourth-order valence-electron chi connectivity index (χ4n) is 1.91. The number of carbonyl (C=O) groups is 1. The van der Waals surface area contributed by atoms with E-state index in [1.54, 1.807) is 6.26 Å². The number of aryl methyl sites for hydroxylation is 1. The van der Waals surface area contributed by atoms with Crippen molar-refractivity contribution in [2.45, 2.75) is 6.92 Å². The third kappa shape index (κ3) is 2.61. The highest BCUT2D eigenvalue weighted by atomic mass is 32.2. The quantitative estimate of drug-likeness (QED) is 0.881. The van der Waals surface area contributed by atoms with Crippen molar-refractivity contribution >= 4 is 27.6 Å². The van der Waals surface area contributed by atoms with E-state index in [4.69, 9.17) is 0 Å². The number of fused-ring (bicyclic) bond motifs is 1. The number of H-pyrrole nitrogens is 1. The van der Waals surface area contributed by atoms with Gasteiger partial charge < -0.3 is 10.3 Å². The van der Waals surface area contributed by atoms with Gasteiger partial charge in [-0.05, 0) is 18.6 Å². The van der Waals surface area contributed by atoms with Crippen LogP contribution in [0.3, 0.4) is 0 Å². The van der Waals surface area contributed by atoms with Crippen molar-refractivity contribution in [3.63, 3.8) is 0 Å². The largest absolute Gasteiger partial charge is 0.350 e. The lowest BCUT2D eigenvalue weighted by molar-refractivity contribution is 0.0951. The fourth-order valence-corrected chi connectivity index (χ4v) is 2.30. The van der Waals surface area contributed by atoms with Crippen LogP contribution in [0.5, 0.6) is 0 Å². The SMILES string of the molecule is Cc1c(C(=O)NCCS(C)=O)[nH]c2ccccc12. The normalized spacial score (nSPS) is 12.6. The molecule has 0 aliphatic carbocycles. The van der Waals surface area contributed by atoms with Crippen molar-refractivity contribution in [3.8, 4) is 0 Å². The Morgan fingerprint density at radius 1 is 1.39 bits per heavy atom. The van der Waals surface area contributed by atoms with Crippen molar-refractivity contribution in [1.82, 2.24) is 10.3 Å². The maximum Gasteiger partial charge on any atom is 0.268 e. The minimum absolute atomic E-state index is 0.144. The highest BCUT2D eigenvalue weighted by Gasteiger charge is 2.13. The Kier molecular flexibility index (Phi) is 3.81. The zero-order valence-electron chi connectivity index (χ0n) is 10.4. The molecule has 96 valence electrons. The molecule has 2 aromatic rings. The highest BCUT2D eigenvalue weighted by molar-refractivity contribution is 7.84. The van der Waals surface area contributed by atoms with E-state index in [9.17, 15) is 9.00 Å². The van der Waals surface area contributed by atoms with Gasteiger partial charge in [-0.3, -0.25) is 9.00 Å². The zero-order chi connectivity index (χ0) is 13.1. The smallest absolute Gasteiger partial charge is 0.268 e. The summed E-state index contributed by atoms with van der Waals surface area (Å²) >= 11 is 0. The molecule has 0 radical (unpaired) electrons. The van der Waals surface area contributed by atoms with Gasteiger partial charge in [-0.15, -0.1) is 0 Å². The Balaban J connectivity index is 2.17. The lowest BCUT2D eigenvalue weighted by Gasteiger charge is -2.03. The number of hydrogen-bond donors (Lipinski definition) is 2. The van der Waals surface area contributed by atoms with Crippen LogP contribution in [-0.2, 0) is 10.8 Å². The van der Waals surface area contributed by atoms with Crippen LogP contribution in [0.4, 0.5) is 0 Å². The summed E-state index contributed by atoms with van der Waals surface area (Å²) in [7, 11) is -0.883. The van der Waals surface area contributed by atoms with Gasteiger partial charge in [0.15, 0.2) is 0 Å². The van der Waals surface area contributed by atoms with Crippen molar-refractivity contribution in [2.75, 3.05) is 18.6 Å². The Morgan fingerprint density at radius 2 is 2.11 bits per heavy atom. The first-order chi connectivity index (χ1) is 8.59. The number of aromatic nitrogens is 1. The van der Waals surface area contributed by atoms with Crippen LogP contribution in [0.25, 0.3) is 10.9 Å². The van der Waals surface area contributed by atoms with Crippen molar-refractivity contribution in [2.24, 2.45) is 0 Å². The molecule has 0 saturated heterocycles. The summed E-state index contributed by atoms with van der Waals surface area (Å²) < 4.78 is 10.9. The molecule has 18 heavy (non-hydrogen) atoms. The van der Waals surface area contributed by atoms with E-state index in [1.807, 2.05) is 31.2 Å². The van der Waals surface area contributed by atoms with Crippen LogP contribution in [0.1, 0.15) is 16.1 Å². The number of benzene rings is 1. The Labute approximate surface area is 108 Å². The number of carbonyl (C=O) groups excluding carboxylic acids is 1. The van der Waals surface area contributed by atoms with Gasteiger partial charge >= 0.3 is 0 Å². The molecule has 1 aromatic carbocycles. The molecule has 0 fully saturated rings. The Bertz CT molecular complexity index is 604. The molecule has 2 rings (SSSR count). The van der Waals surface area contributed by atoms with Gasteiger partial charge in [-0.1, -0.05) is 18.2 Å². The molecule has 1 unspecified atom stereocenters. The first-order valence-electron chi connectivity index (χ1n) is 5.75. The summed E-state index contributed by atoms with van der Waals surface area (Å²) in [5, 5.41) is 3.83. The second-order valence-corrected chi connectivity index (χ2v) is 5.76. The predicted octanol–water partition coefficient (Wildman–Crippen LogP) is 1.58. The van der Waals surface area contributed by atoms with Crippen LogP contribution in [0.15, 0.2) is 24.3 Å². The second-order valence-electron chi connectivity index (χ2n) is 4.20. The standard InChI is InChI=1S/C13H16N2O2S/c1-9-10-5-3-4-6-11(10)15-12(9)13(16)14-7-8-18(2)17/h3-6,15H,7-8H2,1-2H3,(H,14,16). The number of amides is 1. The van der Waals surface area contributed by atoms with E-state index >= 15 is 0 Å². The summed E-state index contributed by atoms with van der Waals surface area (Å²) in [5.41, 5.74) is 2.48. The zero-order valence-corrected chi connectivity index (χ0v) is 11.3. The summed E-state index contributed by atoms with van der Waals surface area (Å²) in [6, 6.07) is 7.81. The van der Waals surface area contributed by atoms with E-state index in [-0.39, 0.29) is 5.91 Å². The maximum atomic E-state index is 12.0. The number of aromatic amines is 1. The maximum absolute atomic E-state index is 12.0. The van der Waals surface area contributed by atoms with Crippen LogP contribution in [0, 0.1) is 6.92 Å². The topological polar surface area (TPSA) is 62.0 Å². The molecule has 0 aliphatic rings. The first-order valence-corrected chi connectivity index (χ1v) is 7.48. The lowest BCUT2D eigenvalue weighted by atomic mass is 10.1. The van der Waals surface area contributed by atoms with Crippen LogP contribution in [-0.4, -0.2) is 33.7 Å². The molecular formula is C13H16N2O2S. The van der Waals surface area contributed by atoms with Gasteiger partial charge in [0.05, 0.1) is 0 Å². The van der Waals surface area contributed by atoms with Crippen LogP contribution < -0.4 is 5.32 Å². The van der Waals surface area contributed by atoms with Crippen LogP contribution >= 0.6 is 0 Å². The molecular weight excluding hydrogens is 248 g/mol. The number of rotatable bonds is 4. The summed E-state index contributed by atoms with van der Waals surface area (Å²) in [6.07, 6.45) is 1.63. The predicted molar refractivity (Wildman–Crippen MR) is 74.3 cm³/mol. The van der Waals surface area contributed by atoms with E-state index in [1.165, 1.54) is 0 Å². The Hall–Kier alpha value is -1.62. The van der Waals surface area contributed by atoms with Crippen molar-refractivity contribution < 1.29 is 9.00 Å². The van der Waals surface area contributed by atoms with Gasteiger partial charge in [-0.25, -0.2) is 0 Å². The average Bonchev–Trinajstić information content (AvgIpc) is 2.67. The molecule has 0 spiro atoms. The third-order valence-corrected chi connectivity index (χ3v) is 3.65. The van der Waals surface area contributed by atoms with E-state index < -0.39 is 10.8 Å². The minimum Gasteiger partial charge on any atom is -0.350 e. The van der Waals surface area contributed by atoms with Crippen LogP contribution in [0.2, 0.25) is 0 Å². The van der Waals surface area contributed by atoms with Gasteiger partial charge in [0.2, 0.25) is 0 Å². The van der Waals surface area contributed by atoms with E-state index in [0.29, 0.717) is 18.0 Å². The average molecular weight is 264 g/mol. The molecule has 5 heteroatoms. The van der Waals surface area contributed by atoms with Crippen molar-refractivity contribution in [1.29, 1.82) is 0 Å². The molecule has 0 saturated carbocycles. The van der Waals surface area contributed by atoms with Gasteiger partial charge in [-0.2, -0.15) is 0 Å². The van der Waals surface area contributed by atoms with Gasteiger partial charge in [0.25, 0.3) is 5.91 Å². The van der Waals surface area contributed by atoms with Gasteiger partial charge in [0, 0.05) is 40.3 Å². The molecule has 1 heterocycles. The third-order valence-electron chi connectivity index (χ3n) is 2.87. The van der Waals surface area contributed by atoms with Gasteiger partial charge in [0.1, 0.15) is 5.69 Å². The van der Waals surface area contributed by atoms with E-state index in [2.05, 4.69) is 10.3 Å². The lowest BCUT2D eigenvalue weighted by Crippen LogP contribution is -2.28. The number of para-hydroxylation sites is 1. The fraction of sp³-hybridized carbons (Fsp3) is 0.308. The second kappa shape index (κ2) is 5.35. The molecule has 0 bridgehead atoms. The molecule has 4 nitrogen and oxygen atoms in total. The molecule has 1 amide bonds. The molecule has 0 aliphatic heterocycles. The monoisotopic (exact) mass is 264 g/mol. The summed E-state index contributed by atoms with van der Waals surface area (Å²) in [6.45, 7) is 2.35. The first kappa shape index (κ1) is 12.8. The summed E-state index contributed by atoms with van der Waals surface area (Å²) in [4.78, 5) is 15.1. The highest BCUT2D eigenvalue weighted by Crippen LogP contribution is 2.20.